The second-order valence-electron chi connectivity index (χ2n) is 7.05. The molecule has 2 aliphatic rings. The van der Waals surface area contributed by atoms with Crippen molar-refractivity contribution in [3.05, 3.63) is 23.8 Å². The van der Waals surface area contributed by atoms with Gasteiger partial charge >= 0.3 is 5.97 Å². The Hall–Kier alpha value is -2.41. The van der Waals surface area contributed by atoms with Crippen LogP contribution in [0.5, 0.6) is 5.75 Å². The molecule has 146 valence electrons. The van der Waals surface area contributed by atoms with Gasteiger partial charge in [0.1, 0.15) is 5.75 Å². The van der Waals surface area contributed by atoms with Crippen molar-refractivity contribution < 1.29 is 23.9 Å². The first-order chi connectivity index (χ1) is 13.0. The Morgan fingerprint density at radius 1 is 1.30 bits per heavy atom. The number of hydrogen-bond donors (Lipinski definition) is 0. The van der Waals surface area contributed by atoms with E-state index in [1.807, 2.05) is 17.9 Å². The van der Waals surface area contributed by atoms with Crippen molar-refractivity contribution in [3.63, 3.8) is 0 Å². The minimum absolute atomic E-state index is 0.117. The number of amides is 2. The SMILES string of the molecule is CCOC(=O)[C@@H]1CCCN([C@@H]2CC(=O)N(c3cc(C)ccc3OC)C2=O)C1. The van der Waals surface area contributed by atoms with Crippen LogP contribution in [0.4, 0.5) is 5.69 Å². The lowest BCUT2D eigenvalue weighted by Gasteiger charge is -2.34. The summed E-state index contributed by atoms with van der Waals surface area (Å²) >= 11 is 0. The molecule has 0 unspecified atom stereocenters. The molecule has 2 aliphatic heterocycles. The summed E-state index contributed by atoms with van der Waals surface area (Å²) in [6, 6.07) is 4.88. The van der Waals surface area contributed by atoms with E-state index < -0.39 is 6.04 Å². The molecule has 0 aromatic heterocycles. The van der Waals surface area contributed by atoms with Crippen molar-refractivity contribution in [2.75, 3.05) is 31.7 Å². The van der Waals surface area contributed by atoms with Crippen LogP contribution in [0.15, 0.2) is 18.2 Å². The fraction of sp³-hybridized carbons (Fsp3) is 0.550. The van der Waals surface area contributed by atoms with Crippen LogP contribution in [0.3, 0.4) is 0 Å². The molecule has 0 spiro atoms. The molecule has 2 atom stereocenters. The highest BCUT2D eigenvalue weighted by atomic mass is 16.5. The third kappa shape index (κ3) is 3.83. The fourth-order valence-electron chi connectivity index (χ4n) is 3.87. The molecule has 1 aromatic rings. The van der Waals surface area contributed by atoms with E-state index in [9.17, 15) is 14.4 Å². The molecule has 7 nitrogen and oxygen atoms in total. The zero-order valence-electron chi connectivity index (χ0n) is 16.1. The molecule has 0 saturated carbocycles. The van der Waals surface area contributed by atoms with E-state index in [0.29, 0.717) is 31.1 Å². The van der Waals surface area contributed by atoms with Gasteiger partial charge < -0.3 is 9.47 Å². The summed E-state index contributed by atoms with van der Waals surface area (Å²) in [7, 11) is 1.52. The van der Waals surface area contributed by atoms with Crippen molar-refractivity contribution in [1.29, 1.82) is 0 Å². The van der Waals surface area contributed by atoms with Gasteiger partial charge in [-0.25, -0.2) is 4.90 Å². The highest BCUT2D eigenvalue weighted by Crippen LogP contribution is 2.35. The summed E-state index contributed by atoms with van der Waals surface area (Å²) in [6.07, 6.45) is 1.67. The summed E-state index contributed by atoms with van der Waals surface area (Å²) in [5, 5.41) is 0. The van der Waals surface area contributed by atoms with Crippen LogP contribution in [0.1, 0.15) is 31.7 Å². The Balaban J connectivity index is 1.80. The van der Waals surface area contributed by atoms with Gasteiger partial charge in [0.25, 0.3) is 5.91 Å². The lowest BCUT2D eigenvalue weighted by Crippen LogP contribution is -2.48. The van der Waals surface area contributed by atoms with Gasteiger partial charge in [0.05, 0.1) is 37.8 Å². The summed E-state index contributed by atoms with van der Waals surface area (Å²) in [5.74, 6) is -0.480. The van der Waals surface area contributed by atoms with E-state index in [-0.39, 0.29) is 30.1 Å². The Morgan fingerprint density at radius 2 is 2.07 bits per heavy atom. The lowest BCUT2D eigenvalue weighted by molar-refractivity contribution is -0.150. The maximum Gasteiger partial charge on any atom is 0.310 e. The first kappa shape index (κ1) is 19.4. The van der Waals surface area contributed by atoms with E-state index >= 15 is 0 Å². The maximum atomic E-state index is 13.1. The Bertz CT molecular complexity index is 748. The number of carbonyl (C=O) groups excluding carboxylic acids is 3. The predicted molar refractivity (Wildman–Crippen MR) is 99.6 cm³/mol. The second-order valence-corrected chi connectivity index (χ2v) is 7.05. The standard InChI is InChI=1S/C20H26N2O5/c1-4-27-20(25)14-6-5-9-21(12-14)16-11-18(23)22(19(16)24)15-10-13(2)7-8-17(15)26-3/h7-8,10,14,16H,4-6,9,11-12H2,1-3H3/t14-,16-/m1/s1. The number of anilines is 1. The van der Waals surface area contributed by atoms with Gasteiger partial charge in [-0.1, -0.05) is 6.07 Å². The molecule has 0 bridgehead atoms. The van der Waals surface area contributed by atoms with Crippen LogP contribution in [0.25, 0.3) is 0 Å². The summed E-state index contributed by atoms with van der Waals surface area (Å²) < 4.78 is 10.5. The number of ether oxygens (including phenoxy) is 2. The fourth-order valence-corrected chi connectivity index (χ4v) is 3.87. The number of benzene rings is 1. The van der Waals surface area contributed by atoms with Crippen molar-refractivity contribution in [2.24, 2.45) is 5.92 Å². The van der Waals surface area contributed by atoms with Gasteiger partial charge in [-0.15, -0.1) is 0 Å². The highest BCUT2D eigenvalue weighted by molar-refractivity contribution is 6.23. The van der Waals surface area contributed by atoms with Gasteiger partial charge in [0.15, 0.2) is 0 Å². The Kier molecular flexibility index (Phi) is 5.79. The van der Waals surface area contributed by atoms with Gasteiger partial charge in [-0.2, -0.15) is 0 Å². The molecule has 1 aromatic carbocycles. The van der Waals surface area contributed by atoms with Crippen LogP contribution in [0, 0.1) is 12.8 Å². The van der Waals surface area contributed by atoms with Crippen LogP contribution in [-0.4, -0.2) is 55.5 Å². The molecule has 27 heavy (non-hydrogen) atoms. The topological polar surface area (TPSA) is 76.2 Å². The molecular formula is C20H26N2O5. The van der Waals surface area contributed by atoms with E-state index in [1.165, 1.54) is 12.0 Å². The average Bonchev–Trinajstić information content (AvgIpc) is 2.96. The monoisotopic (exact) mass is 374 g/mol. The van der Waals surface area contributed by atoms with Crippen molar-refractivity contribution in [3.8, 4) is 5.75 Å². The second kappa shape index (κ2) is 8.08. The average molecular weight is 374 g/mol. The summed E-state index contributed by atoms with van der Waals surface area (Å²) in [6.45, 7) is 5.17. The molecule has 0 radical (unpaired) electrons. The quantitative estimate of drug-likeness (QED) is 0.579. The van der Waals surface area contributed by atoms with Crippen LogP contribution in [0.2, 0.25) is 0 Å². The Morgan fingerprint density at radius 3 is 2.78 bits per heavy atom. The third-order valence-corrected chi connectivity index (χ3v) is 5.21. The number of imide groups is 1. The molecule has 7 heteroatoms. The number of rotatable bonds is 5. The van der Waals surface area contributed by atoms with E-state index in [4.69, 9.17) is 9.47 Å². The van der Waals surface area contributed by atoms with Gasteiger partial charge in [0.2, 0.25) is 5.91 Å². The number of carbonyl (C=O) groups is 3. The van der Waals surface area contributed by atoms with Gasteiger partial charge in [-0.3, -0.25) is 19.3 Å². The number of aryl methyl sites for hydroxylation is 1. The minimum atomic E-state index is -0.542. The van der Waals surface area contributed by atoms with Crippen molar-refractivity contribution in [2.45, 2.75) is 39.2 Å². The molecule has 2 amide bonds. The lowest BCUT2D eigenvalue weighted by atomic mass is 9.96. The predicted octanol–water partition coefficient (Wildman–Crippen LogP) is 1.91. The van der Waals surface area contributed by atoms with Crippen molar-refractivity contribution in [1.82, 2.24) is 4.90 Å². The van der Waals surface area contributed by atoms with Crippen molar-refractivity contribution >= 4 is 23.5 Å². The largest absolute Gasteiger partial charge is 0.495 e. The number of methoxy groups -OCH3 is 1. The summed E-state index contributed by atoms with van der Waals surface area (Å²) in [4.78, 5) is 41.0. The molecular weight excluding hydrogens is 348 g/mol. The number of esters is 1. The number of piperidine rings is 1. The van der Waals surface area contributed by atoms with E-state index in [2.05, 4.69) is 0 Å². The first-order valence-electron chi connectivity index (χ1n) is 9.38. The third-order valence-electron chi connectivity index (χ3n) is 5.21. The number of nitrogens with zero attached hydrogens (tertiary/aromatic N) is 2. The number of hydrogen-bond acceptors (Lipinski definition) is 6. The van der Waals surface area contributed by atoms with Crippen LogP contribution in [-0.2, 0) is 19.1 Å². The summed E-state index contributed by atoms with van der Waals surface area (Å²) in [5.41, 5.74) is 1.42. The molecule has 2 fully saturated rings. The Labute approximate surface area is 159 Å². The van der Waals surface area contributed by atoms with E-state index in [0.717, 1.165) is 18.4 Å². The first-order valence-corrected chi connectivity index (χ1v) is 9.38. The highest BCUT2D eigenvalue weighted by Gasteiger charge is 2.45. The molecule has 0 aliphatic carbocycles. The van der Waals surface area contributed by atoms with Crippen LogP contribution >= 0.6 is 0 Å². The minimum Gasteiger partial charge on any atom is -0.495 e. The molecule has 2 heterocycles. The zero-order chi connectivity index (χ0) is 19.6. The van der Waals surface area contributed by atoms with E-state index in [1.54, 1.807) is 19.1 Å². The number of likely N-dealkylation sites (tertiary alicyclic amines) is 1. The van der Waals surface area contributed by atoms with Gasteiger partial charge in [0, 0.05) is 6.54 Å². The smallest absolute Gasteiger partial charge is 0.310 e. The zero-order valence-corrected chi connectivity index (χ0v) is 16.1. The van der Waals surface area contributed by atoms with Gasteiger partial charge in [-0.05, 0) is 50.9 Å². The normalized spacial score (nSPS) is 23.6. The maximum absolute atomic E-state index is 13.1. The van der Waals surface area contributed by atoms with Crippen LogP contribution < -0.4 is 9.64 Å². The molecule has 3 rings (SSSR count). The molecule has 0 N–H and O–H groups in total. The molecule has 2 saturated heterocycles.